The molecule has 0 fully saturated rings. The number of imidazole rings is 1. The first-order valence-electron chi connectivity index (χ1n) is 5.26. The molecule has 0 bridgehead atoms. The molecule has 0 saturated heterocycles. The lowest BCUT2D eigenvalue weighted by atomic mass is 10.1. The first-order valence-corrected chi connectivity index (χ1v) is 5.26. The summed E-state index contributed by atoms with van der Waals surface area (Å²) < 4.78 is 2.36. The molecule has 1 aliphatic heterocycles. The zero-order chi connectivity index (χ0) is 9.42. The van der Waals surface area contributed by atoms with E-state index in [0.717, 1.165) is 6.42 Å². The molecule has 13 heavy (non-hydrogen) atoms. The number of hydrogen-bond donors (Lipinski definition) is 0. The minimum atomic E-state index is 0.560. The van der Waals surface area contributed by atoms with Gasteiger partial charge in [-0.1, -0.05) is 13.8 Å². The van der Waals surface area contributed by atoms with E-state index in [9.17, 15) is 0 Å². The summed E-state index contributed by atoms with van der Waals surface area (Å²) in [6, 6.07) is 0.656. The van der Waals surface area contributed by atoms with Crippen LogP contribution in [-0.2, 0) is 6.42 Å². The molecule has 2 rings (SSSR count). The molecular formula is C11H18N2. The van der Waals surface area contributed by atoms with E-state index >= 15 is 0 Å². The van der Waals surface area contributed by atoms with Crippen LogP contribution in [-0.4, -0.2) is 9.55 Å². The summed E-state index contributed by atoms with van der Waals surface area (Å²) in [6.45, 7) is 6.70. The van der Waals surface area contributed by atoms with Crippen molar-refractivity contribution in [3.8, 4) is 0 Å². The second-order valence-electron chi connectivity index (χ2n) is 4.39. The van der Waals surface area contributed by atoms with Gasteiger partial charge in [0, 0.05) is 18.7 Å². The number of hydrogen-bond acceptors (Lipinski definition) is 1. The predicted molar refractivity (Wildman–Crippen MR) is 54.0 cm³/mol. The zero-order valence-corrected chi connectivity index (χ0v) is 8.75. The second-order valence-corrected chi connectivity index (χ2v) is 4.39. The maximum absolute atomic E-state index is 4.66. The van der Waals surface area contributed by atoms with Crippen LogP contribution in [0.1, 0.15) is 57.1 Å². The predicted octanol–water partition coefficient (Wildman–Crippen LogP) is 2.90. The highest BCUT2D eigenvalue weighted by molar-refractivity contribution is 5.10. The van der Waals surface area contributed by atoms with E-state index in [4.69, 9.17) is 0 Å². The van der Waals surface area contributed by atoms with E-state index in [1.165, 1.54) is 24.4 Å². The van der Waals surface area contributed by atoms with Crippen LogP contribution in [0.2, 0.25) is 0 Å². The Kier molecular flexibility index (Phi) is 2.14. The number of aromatic nitrogens is 2. The first kappa shape index (κ1) is 8.79. The maximum Gasteiger partial charge on any atom is 0.109 e. The van der Waals surface area contributed by atoms with Gasteiger partial charge in [-0.25, -0.2) is 4.98 Å². The molecule has 1 unspecified atom stereocenters. The molecule has 0 radical (unpaired) electrons. The van der Waals surface area contributed by atoms with E-state index in [0.29, 0.717) is 12.0 Å². The molecule has 0 saturated carbocycles. The lowest BCUT2D eigenvalue weighted by Crippen LogP contribution is -2.14. The normalized spacial score (nSPS) is 22.0. The largest absolute Gasteiger partial charge is 0.332 e. The monoisotopic (exact) mass is 178 g/mol. The van der Waals surface area contributed by atoms with E-state index in [1.807, 2.05) is 0 Å². The number of nitrogens with zero attached hydrogens (tertiary/aromatic N) is 2. The molecule has 2 heteroatoms. The van der Waals surface area contributed by atoms with E-state index in [1.54, 1.807) is 0 Å². The summed E-state index contributed by atoms with van der Waals surface area (Å²) in [6.07, 6.45) is 6.01. The van der Waals surface area contributed by atoms with Crippen LogP contribution in [0.4, 0.5) is 0 Å². The smallest absolute Gasteiger partial charge is 0.109 e. The average Bonchev–Trinajstić information content (AvgIpc) is 2.49. The van der Waals surface area contributed by atoms with Crippen molar-refractivity contribution >= 4 is 0 Å². The molecule has 72 valence electrons. The highest BCUT2D eigenvalue weighted by Gasteiger charge is 2.18. The molecular weight excluding hydrogens is 160 g/mol. The van der Waals surface area contributed by atoms with Crippen molar-refractivity contribution in [3.63, 3.8) is 0 Å². The van der Waals surface area contributed by atoms with Gasteiger partial charge in [0.05, 0.1) is 5.69 Å². The Balaban J connectivity index is 2.36. The van der Waals surface area contributed by atoms with Crippen LogP contribution in [0.25, 0.3) is 0 Å². The fourth-order valence-electron chi connectivity index (χ4n) is 1.99. The molecule has 2 nitrogen and oxygen atoms in total. The molecule has 2 heterocycles. The summed E-state index contributed by atoms with van der Waals surface area (Å²) in [7, 11) is 0. The van der Waals surface area contributed by atoms with Crippen molar-refractivity contribution in [2.75, 3.05) is 0 Å². The Labute approximate surface area is 80.0 Å². The number of fused-ring (bicyclic) bond motifs is 1. The molecule has 0 N–H and O–H groups in total. The highest BCUT2D eigenvalue weighted by Crippen LogP contribution is 2.26. The summed E-state index contributed by atoms with van der Waals surface area (Å²) in [4.78, 5) is 4.66. The van der Waals surface area contributed by atoms with Gasteiger partial charge in [0.1, 0.15) is 5.82 Å². The van der Waals surface area contributed by atoms with Gasteiger partial charge < -0.3 is 4.57 Å². The van der Waals surface area contributed by atoms with Crippen LogP contribution in [0.3, 0.4) is 0 Å². The first-order chi connectivity index (χ1) is 6.18. The maximum atomic E-state index is 4.66. The SMILES string of the molecule is CC(C)c1cn2c(n1)CCCC2C. The average molecular weight is 178 g/mol. The molecule has 0 spiro atoms. The molecule has 1 atom stereocenters. The van der Waals surface area contributed by atoms with Gasteiger partial charge in [-0.15, -0.1) is 0 Å². The van der Waals surface area contributed by atoms with Crippen LogP contribution in [0.15, 0.2) is 6.20 Å². The lowest BCUT2D eigenvalue weighted by Gasteiger charge is -2.20. The van der Waals surface area contributed by atoms with E-state index in [2.05, 4.69) is 36.5 Å². The van der Waals surface area contributed by atoms with Crippen molar-refractivity contribution < 1.29 is 0 Å². The summed E-state index contributed by atoms with van der Waals surface area (Å²) in [5, 5.41) is 0. The third-order valence-corrected chi connectivity index (χ3v) is 2.92. The van der Waals surface area contributed by atoms with Crippen molar-refractivity contribution in [3.05, 3.63) is 17.7 Å². The van der Waals surface area contributed by atoms with Crippen molar-refractivity contribution in [1.82, 2.24) is 9.55 Å². The Hall–Kier alpha value is -0.790. The molecule has 0 aromatic carbocycles. The summed E-state index contributed by atoms with van der Waals surface area (Å²) in [5.74, 6) is 1.85. The third kappa shape index (κ3) is 1.50. The summed E-state index contributed by atoms with van der Waals surface area (Å²) in [5.41, 5.74) is 1.25. The van der Waals surface area contributed by atoms with Crippen molar-refractivity contribution in [2.24, 2.45) is 0 Å². The van der Waals surface area contributed by atoms with Crippen molar-refractivity contribution in [1.29, 1.82) is 0 Å². The van der Waals surface area contributed by atoms with Gasteiger partial charge in [-0.2, -0.15) is 0 Å². The Morgan fingerprint density at radius 1 is 1.54 bits per heavy atom. The quantitative estimate of drug-likeness (QED) is 0.646. The number of rotatable bonds is 1. The standard InChI is InChI=1S/C11H18N2/c1-8(2)10-7-13-9(3)5-4-6-11(13)12-10/h7-9H,4-6H2,1-3H3. The van der Waals surface area contributed by atoms with Crippen LogP contribution in [0.5, 0.6) is 0 Å². The lowest BCUT2D eigenvalue weighted by molar-refractivity contribution is 0.425. The summed E-state index contributed by atoms with van der Waals surface area (Å²) >= 11 is 0. The minimum Gasteiger partial charge on any atom is -0.332 e. The van der Waals surface area contributed by atoms with Crippen molar-refractivity contribution in [2.45, 2.75) is 52.0 Å². The van der Waals surface area contributed by atoms with Gasteiger partial charge in [-0.05, 0) is 25.7 Å². The Bertz CT molecular complexity index is 299. The fraction of sp³-hybridized carbons (Fsp3) is 0.727. The van der Waals surface area contributed by atoms with Gasteiger partial charge in [0.15, 0.2) is 0 Å². The second kappa shape index (κ2) is 3.17. The number of aryl methyl sites for hydroxylation is 1. The Morgan fingerprint density at radius 2 is 2.31 bits per heavy atom. The molecule has 1 aliphatic rings. The Morgan fingerprint density at radius 3 is 2.92 bits per heavy atom. The zero-order valence-electron chi connectivity index (χ0n) is 8.75. The molecule has 1 aromatic heterocycles. The molecule has 1 aromatic rings. The van der Waals surface area contributed by atoms with Crippen LogP contribution >= 0.6 is 0 Å². The van der Waals surface area contributed by atoms with Gasteiger partial charge in [0.25, 0.3) is 0 Å². The molecule has 0 amide bonds. The van der Waals surface area contributed by atoms with E-state index in [-0.39, 0.29) is 0 Å². The third-order valence-electron chi connectivity index (χ3n) is 2.92. The topological polar surface area (TPSA) is 17.8 Å². The van der Waals surface area contributed by atoms with Gasteiger partial charge >= 0.3 is 0 Å². The van der Waals surface area contributed by atoms with Crippen LogP contribution in [0, 0.1) is 0 Å². The van der Waals surface area contributed by atoms with Gasteiger partial charge in [-0.3, -0.25) is 0 Å². The van der Waals surface area contributed by atoms with E-state index < -0.39 is 0 Å². The van der Waals surface area contributed by atoms with Gasteiger partial charge in [0.2, 0.25) is 0 Å². The minimum absolute atomic E-state index is 0.560. The van der Waals surface area contributed by atoms with Crippen LogP contribution < -0.4 is 0 Å². The molecule has 0 aliphatic carbocycles. The fourth-order valence-corrected chi connectivity index (χ4v) is 1.99. The highest BCUT2D eigenvalue weighted by atomic mass is 15.1.